The number of aliphatic hydroxyl groups excluding tert-OH is 2. The number of unbranched alkanes of at least 4 members (excludes halogenated alkanes) is 18. The molecule has 2 atom stereocenters. The molecule has 2 unspecified atom stereocenters. The van der Waals surface area contributed by atoms with Crippen LogP contribution in [-0.4, -0.2) is 62.1 Å². The molecule has 0 aromatic heterocycles. The van der Waals surface area contributed by atoms with E-state index in [4.69, 9.17) is 14.2 Å². The third kappa shape index (κ3) is 28.6. The predicted molar refractivity (Wildman–Crippen MR) is 157 cm³/mol. The van der Waals surface area contributed by atoms with Crippen LogP contribution in [0.25, 0.3) is 0 Å². The standard InChI is InChI=1S/C32H66O5/c1-3-5-7-9-11-13-15-17-19-21-23-31(36-27-25-33)29-35-30-32(37-28-26-34)24-22-20-18-16-14-12-10-8-6-4-2/h31-34H,3-30H2,1-2H3. The first kappa shape index (κ1) is 36.8. The van der Waals surface area contributed by atoms with Gasteiger partial charge in [-0.2, -0.15) is 0 Å². The average Bonchev–Trinajstić information content (AvgIpc) is 2.91. The van der Waals surface area contributed by atoms with Crippen molar-refractivity contribution in [2.75, 3.05) is 39.6 Å². The predicted octanol–water partition coefficient (Wildman–Crippen LogP) is 8.38. The number of aliphatic hydroxyl groups is 2. The van der Waals surface area contributed by atoms with Crippen LogP contribution >= 0.6 is 0 Å². The van der Waals surface area contributed by atoms with Gasteiger partial charge in [-0.3, -0.25) is 0 Å². The van der Waals surface area contributed by atoms with E-state index in [2.05, 4.69) is 13.8 Å². The molecule has 0 aromatic rings. The van der Waals surface area contributed by atoms with E-state index in [1.165, 1.54) is 116 Å². The highest BCUT2D eigenvalue weighted by Gasteiger charge is 2.13. The number of hydrogen-bond acceptors (Lipinski definition) is 5. The molecule has 5 heteroatoms. The zero-order valence-electron chi connectivity index (χ0n) is 25.1. The molecule has 5 nitrogen and oxygen atoms in total. The fraction of sp³-hybridized carbons (Fsp3) is 1.00. The first-order valence-electron chi connectivity index (χ1n) is 16.3. The van der Waals surface area contributed by atoms with E-state index in [0.29, 0.717) is 26.4 Å². The summed E-state index contributed by atoms with van der Waals surface area (Å²) in [6.07, 6.45) is 28.6. The molecule has 0 aromatic carbocycles. The van der Waals surface area contributed by atoms with Crippen molar-refractivity contribution in [2.24, 2.45) is 0 Å². The lowest BCUT2D eigenvalue weighted by Gasteiger charge is -2.21. The van der Waals surface area contributed by atoms with Crippen LogP contribution in [0, 0.1) is 0 Å². The minimum absolute atomic E-state index is 0.0389. The first-order valence-corrected chi connectivity index (χ1v) is 16.3. The largest absolute Gasteiger partial charge is 0.394 e. The van der Waals surface area contributed by atoms with E-state index < -0.39 is 0 Å². The molecule has 0 radical (unpaired) electrons. The molecule has 0 fully saturated rings. The summed E-state index contributed by atoms with van der Waals surface area (Å²) in [5.41, 5.74) is 0. The zero-order valence-corrected chi connectivity index (χ0v) is 25.1. The van der Waals surface area contributed by atoms with E-state index in [1.54, 1.807) is 0 Å². The average molecular weight is 531 g/mol. The van der Waals surface area contributed by atoms with Crippen molar-refractivity contribution in [3.05, 3.63) is 0 Å². The minimum Gasteiger partial charge on any atom is -0.394 e. The summed E-state index contributed by atoms with van der Waals surface area (Å²) in [6.45, 7) is 6.48. The van der Waals surface area contributed by atoms with E-state index in [0.717, 1.165) is 25.7 Å². The van der Waals surface area contributed by atoms with Crippen LogP contribution < -0.4 is 0 Å². The van der Waals surface area contributed by atoms with Gasteiger partial charge in [0, 0.05) is 0 Å². The molecule has 0 aliphatic rings. The van der Waals surface area contributed by atoms with Crippen LogP contribution in [0.5, 0.6) is 0 Å². The van der Waals surface area contributed by atoms with E-state index in [-0.39, 0.29) is 25.4 Å². The molecular formula is C32H66O5. The van der Waals surface area contributed by atoms with E-state index in [9.17, 15) is 10.2 Å². The van der Waals surface area contributed by atoms with Crippen molar-refractivity contribution in [1.82, 2.24) is 0 Å². The summed E-state index contributed by atoms with van der Waals surface area (Å²) in [6, 6.07) is 0. The molecule has 0 spiro atoms. The summed E-state index contributed by atoms with van der Waals surface area (Å²) < 4.78 is 17.7. The SMILES string of the molecule is CCCCCCCCCCCCC(COCC(CCCCCCCCCCCC)OCCO)OCCO. The summed E-state index contributed by atoms with van der Waals surface area (Å²) in [7, 11) is 0. The van der Waals surface area contributed by atoms with Gasteiger partial charge in [0.15, 0.2) is 0 Å². The third-order valence-electron chi connectivity index (χ3n) is 7.26. The molecule has 0 bridgehead atoms. The van der Waals surface area contributed by atoms with Gasteiger partial charge in [0.2, 0.25) is 0 Å². The van der Waals surface area contributed by atoms with Crippen molar-refractivity contribution in [3.8, 4) is 0 Å². The lowest BCUT2D eigenvalue weighted by atomic mass is 10.0. The van der Waals surface area contributed by atoms with E-state index >= 15 is 0 Å². The second-order valence-electron chi connectivity index (χ2n) is 10.9. The smallest absolute Gasteiger partial charge is 0.0809 e. The van der Waals surface area contributed by atoms with Gasteiger partial charge in [-0.15, -0.1) is 0 Å². The van der Waals surface area contributed by atoms with Crippen LogP contribution in [0.15, 0.2) is 0 Å². The molecular weight excluding hydrogens is 464 g/mol. The van der Waals surface area contributed by atoms with Gasteiger partial charge in [0.05, 0.1) is 51.8 Å². The van der Waals surface area contributed by atoms with Crippen LogP contribution in [0.2, 0.25) is 0 Å². The monoisotopic (exact) mass is 530 g/mol. The van der Waals surface area contributed by atoms with Crippen LogP contribution in [-0.2, 0) is 14.2 Å². The Kier molecular flexibility index (Phi) is 31.8. The van der Waals surface area contributed by atoms with Crippen molar-refractivity contribution >= 4 is 0 Å². The van der Waals surface area contributed by atoms with Gasteiger partial charge in [-0.05, 0) is 12.8 Å². The Morgan fingerprint density at radius 3 is 1.03 bits per heavy atom. The summed E-state index contributed by atoms with van der Waals surface area (Å²) in [5, 5.41) is 18.4. The number of hydrogen-bond donors (Lipinski definition) is 2. The Balaban J connectivity index is 3.98. The molecule has 0 rings (SSSR count). The normalized spacial score (nSPS) is 13.3. The topological polar surface area (TPSA) is 68.2 Å². The Morgan fingerprint density at radius 2 is 0.730 bits per heavy atom. The first-order chi connectivity index (χ1) is 18.3. The van der Waals surface area contributed by atoms with Crippen molar-refractivity contribution in [2.45, 2.75) is 167 Å². The second-order valence-corrected chi connectivity index (χ2v) is 10.9. The highest BCUT2D eigenvalue weighted by molar-refractivity contribution is 4.62. The van der Waals surface area contributed by atoms with Gasteiger partial charge in [0.25, 0.3) is 0 Å². The molecule has 37 heavy (non-hydrogen) atoms. The number of rotatable bonds is 32. The Labute approximate surface area is 231 Å². The maximum atomic E-state index is 9.19. The molecule has 0 heterocycles. The second kappa shape index (κ2) is 32.0. The third-order valence-corrected chi connectivity index (χ3v) is 7.26. The van der Waals surface area contributed by atoms with Crippen LogP contribution in [0.4, 0.5) is 0 Å². The van der Waals surface area contributed by atoms with Gasteiger partial charge in [-0.1, -0.05) is 142 Å². The highest BCUT2D eigenvalue weighted by atomic mass is 16.6. The lowest BCUT2D eigenvalue weighted by Crippen LogP contribution is -2.27. The fourth-order valence-corrected chi connectivity index (χ4v) is 4.92. The van der Waals surface area contributed by atoms with Crippen molar-refractivity contribution in [3.63, 3.8) is 0 Å². The molecule has 0 saturated carbocycles. The Hall–Kier alpha value is -0.200. The van der Waals surface area contributed by atoms with Crippen LogP contribution in [0.3, 0.4) is 0 Å². The molecule has 224 valence electrons. The number of ether oxygens (including phenoxy) is 3. The zero-order chi connectivity index (χ0) is 27.1. The van der Waals surface area contributed by atoms with Gasteiger partial charge in [0.1, 0.15) is 0 Å². The maximum Gasteiger partial charge on any atom is 0.0809 e. The van der Waals surface area contributed by atoms with Gasteiger partial charge in [-0.25, -0.2) is 0 Å². The van der Waals surface area contributed by atoms with E-state index in [1.807, 2.05) is 0 Å². The highest BCUT2D eigenvalue weighted by Crippen LogP contribution is 2.15. The molecule has 0 aliphatic heterocycles. The van der Waals surface area contributed by atoms with Crippen LogP contribution in [0.1, 0.15) is 155 Å². The Morgan fingerprint density at radius 1 is 0.432 bits per heavy atom. The molecule has 0 aliphatic carbocycles. The summed E-state index contributed by atoms with van der Waals surface area (Å²) >= 11 is 0. The quantitative estimate of drug-likeness (QED) is 0.0855. The lowest BCUT2D eigenvalue weighted by molar-refractivity contribution is -0.0700. The summed E-state index contributed by atoms with van der Waals surface area (Å²) in [5.74, 6) is 0. The fourth-order valence-electron chi connectivity index (χ4n) is 4.92. The maximum absolute atomic E-state index is 9.19. The van der Waals surface area contributed by atoms with Gasteiger partial charge < -0.3 is 24.4 Å². The minimum atomic E-state index is 0.0389. The summed E-state index contributed by atoms with van der Waals surface area (Å²) in [4.78, 5) is 0. The van der Waals surface area contributed by atoms with Crippen molar-refractivity contribution < 1.29 is 24.4 Å². The molecule has 2 N–H and O–H groups in total. The molecule has 0 amide bonds. The van der Waals surface area contributed by atoms with Gasteiger partial charge >= 0.3 is 0 Å². The van der Waals surface area contributed by atoms with Crippen molar-refractivity contribution in [1.29, 1.82) is 0 Å². The molecule has 0 saturated heterocycles. The Bertz CT molecular complexity index is 371.